The van der Waals surface area contributed by atoms with Gasteiger partial charge in [-0.1, -0.05) is 30.3 Å². The summed E-state index contributed by atoms with van der Waals surface area (Å²) in [6.07, 6.45) is -2.57. The smallest absolute Gasteiger partial charge is 0.369 e. The Balaban J connectivity index is 1.22. The van der Waals surface area contributed by atoms with Crippen LogP contribution in [0.2, 0.25) is 0 Å². The van der Waals surface area contributed by atoms with Crippen molar-refractivity contribution in [2.75, 3.05) is 36.4 Å². The van der Waals surface area contributed by atoms with Gasteiger partial charge >= 0.3 is 6.18 Å². The molecule has 3 aromatic carbocycles. The molecule has 190 valence electrons. The first-order valence-electron chi connectivity index (χ1n) is 11.9. The standard InChI is InChI=1S/C28H25F3N4OS/c29-28(30,31)21-7-5-20(6-8-21)24-3-1-2-4-25(24)27(36)33-22-9-11-23(12-10-22)35-16-14-34(15-17-35)19-26-32-13-18-37-26/h1-13,18H,14-17,19H2,(H,33,36). The Labute approximate surface area is 217 Å². The molecule has 0 atom stereocenters. The number of hydrogen-bond acceptors (Lipinski definition) is 5. The zero-order valence-corrected chi connectivity index (χ0v) is 20.7. The van der Waals surface area contributed by atoms with E-state index in [0.29, 0.717) is 22.4 Å². The maximum atomic E-state index is 13.1. The number of halogens is 3. The highest BCUT2D eigenvalue weighted by molar-refractivity contribution is 7.09. The highest BCUT2D eigenvalue weighted by Gasteiger charge is 2.30. The number of nitrogens with zero attached hydrogens (tertiary/aromatic N) is 3. The zero-order valence-electron chi connectivity index (χ0n) is 19.9. The first kappa shape index (κ1) is 25.0. The van der Waals surface area contributed by atoms with Gasteiger partial charge in [-0.3, -0.25) is 9.69 Å². The number of amides is 1. The van der Waals surface area contributed by atoms with Gasteiger partial charge in [0.2, 0.25) is 0 Å². The van der Waals surface area contributed by atoms with Crippen LogP contribution in [0.3, 0.4) is 0 Å². The first-order valence-corrected chi connectivity index (χ1v) is 12.8. The number of thiazole rings is 1. The van der Waals surface area contributed by atoms with Crippen molar-refractivity contribution in [2.24, 2.45) is 0 Å². The molecule has 5 rings (SSSR count). The molecule has 9 heteroatoms. The first-order chi connectivity index (χ1) is 17.9. The molecule has 1 aliphatic heterocycles. The van der Waals surface area contributed by atoms with Gasteiger partial charge < -0.3 is 10.2 Å². The van der Waals surface area contributed by atoms with Crippen molar-refractivity contribution in [3.63, 3.8) is 0 Å². The third-order valence-corrected chi connectivity index (χ3v) is 7.16. The highest BCUT2D eigenvalue weighted by atomic mass is 32.1. The van der Waals surface area contributed by atoms with Crippen LogP contribution in [0.1, 0.15) is 20.9 Å². The van der Waals surface area contributed by atoms with Crippen LogP contribution >= 0.6 is 11.3 Å². The number of carbonyl (C=O) groups excluding carboxylic acids is 1. The third kappa shape index (κ3) is 6.00. The SMILES string of the molecule is O=C(Nc1ccc(N2CCN(Cc3nccs3)CC2)cc1)c1ccccc1-c1ccc(C(F)(F)F)cc1. The predicted octanol–water partition coefficient (Wildman–Crippen LogP) is 6.40. The summed E-state index contributed by atoms with van der Waals surface area (Å²) in [7, 11) is 0. The summed E-state index contributed by atoms with van der Waals surface area (Å²) in [4.78, 5) is 22.2. The molecule has 37 heavy (non-hydrogen) atoms. The van der Waals surface area contributed by atoms with Crippen LogP contribution in [0, 0.1) is 0 Å². The van der Waals surface area contributed by atoms with Gasteiger partial charge in [-0.25, -0.2) is 4.98 Å². The number of piperazine rings is 1. The Kier molecular flexibility index (Phi) is 7.25. The number of anilines is 2. The van der Waals surface area contributed by atoms with E-state index < -0.39 is 11.7 Å². The predicted molar refractivity (Wildman–Crippen MR) is 141 cm³/mol. The van der Waals surface area contributed by atoms with Crippen LogP contribution in [0.4, 0.5) is 24.5 Å². The molecule has 0 unspecified atom stereocenters. The molecular formula is C28H25F3N4OS. The summed E-state index contributed by atoms with van der Waals surface area (Å²) >= 11 is 1.68. The number of rotatable bonds is 6. The molecule has 0 bridgehead atoms. The number of carbonyl (C=O) groups is 1. The molecule has 2 heterocycles. The van der Waals surface area contributed by atoms with E-state index >= 15 is 0 Å². The van der Waals surface area contributed by atoms with E-state index in [0.717, 1.165) is 55.6 Å². The monoisotopic (exact) mass is 522 g/mol. The Morgan fingerprint density at radius 3 is 2.27 bits per heavy atom. The van der Waals surface area contributed by atoms with E-state index in [1.54, 1.807) is 35.6 Å². The molecular weight excluding hydrogens is 497 g/mol. The van der Waals surface area contributed by atoms with Gasteiger partial charge in [-0.15, -0.1) is 11.3 Å². The Hall–Kier alpha value is -3.69. The lowest BCUT2D eigenvalue weighted by Gasteiger charge is -2.35. The molecule has 0 saturated carbocycles. The van der Waals surface area contributed by atoms with Crippen LogP contribution in [0.5, 0.6) is 0 Å². The Morgan fingerprint density at radius 2 is 1.62 bits per heavy atom. The van der Waals surface area contributed by atoms with Crippen LogP contribution in [-0.4, -0.2) is 42.0 Å². The minimum atomic E-state index is -4.41. The lowest BCUT2D eigenvalue weighted by Crippen LogP contribution is -2.45. The molecule has 5 nitrogen and oxygen atoms in total. The molecule has 0 aliphatic carbocycles. The number of aromatic nitrogens is 1. The lowest BCUT2D eigenvalue weighted by atomic mass is 9.98. The average Bonchev–Trinajstić information content (AvgIpc) is 3.42. The van der Waals surface area contributed by atoms with E-state index in [1.165, 1.54) is 12.1 Å². The lowest BCUT2D eigenvalue weighted by molar-refractivity contribution is -0.137. The van der Waals surface area contributed by atoms with Gasteiger partial charge in [0.25, 0.3) is 5.91 Å². The van der Waals surface area contributed by atoms with Crippen molar-refractivity contribution in [2.45, 2.75) is 12.7 Å². The fourth-order valence-corrected chi connectivity index (χ4v) is 5.07. The average molecular weight is 523 g/mol. The molecule has 1 aliphatic rings. The van der Waals surface area contributed by atoms with Gasteiger partial charge in [0.15, 0.2) is 0 Å². The second-order valence-corrected chi connectivity index (χ2v) is 9.79. The second-order valence-electron chi connectivity index (χ2n) is 8.81. The topological polar surface area (TPSA) is 48.5 Å². The van der Waals surface area contributed by atoms with Crippen molar-refractivity contribution >= 4 is 28.6 Å². The minimum absolute atomic E-state index is 0.320. The van der Waals surface area contributed by atoms with E-state index in [-0.39, 0.29) is 5.91 Å². The molecule has 1 N–H and O–H groups in total. The van der Waals surface area contributed by atoms with Gasteiger partial charge in [-0.05, 0) is 53.6 Å². The Bertz CT molecular complexity index is 1330. The van der Waals surface area contributed by atoms with Gasteiger partial charge in [0, 0.05) is 54.7 Å². The fourth-order valence-electron chi connectivity index (χ4n) is 4.41. The van der Waals surface area contributed by atoms with Crippen LogP contribution < -0.4 is 10.2 Å². The van der Waals surface area contributed by atoms with Crippen molar-refractivity contribution in [3.05, 3.63) is 101 Å². The number of nitrogens with one attached hydrogen (secondary N) is 1. The summed E-state index contributed by atoms with van der Waals surface area (Å²) in [5.41, 5.74) is 2.53. The van der Waals surface area contributed by atoms with Crippen molar-refractivity contribution in [1.82, 2.24) is 9.88 Å². The summed E-state index contributed by atoms with van der Waals surface area (Å²) in [6, 6.07) is 19.5. The molecule has 1 saturated heterocycles. The molecule has 0 spiro atoms. The summed E-state index contributed by atoms with van der Waals surface area (Å²) < 4.78 is 38.8. The summed E-state index contributed by atoms with van der Waals surface area (Å²) in [5.74, 6) is -0.320. The van der Waals surface area contributed by atoms with Gasteiger partial charge in [0.1, 0.15) is 5.01 Å². The second kappa shape index (κ2) is 10.7. The highest BCUT2D eigenvalue weighted by Crippen LogP contribution is 2.32. The number of hydrogen-bond donors (Lipinski definition) is 1. The van der Waals surface area contributed by atoms with Crippen molar-refractivity contribution < 1.29 is 18.0 Å². The van der Waals surface area contributed by atoms with E-state index in [4.69, 9.17) is 0 Å². The van der Waals surface area contributed by atoms with Crippen molar-refractivity contribution in [3.8, 4) is 11.1 Å². The quantitative estimate of drug-likeness (QED) is 0.318. The zero-order chi connectivity index (χ0) is 25.8. The molecule has 1 amide bonds. The maximum Gasteiger partial charge on any atom is 0.416 e. The van der Waals surface area contributed by atoms with E-state index in [9.17, 15) is 18.0 Å². The fraction of sp³-hybridized carbons (Fsp3) is 0.214. The normalized spacial score (nSPS) is 14.5. The van der Waals surface area contributed by atoms with Crippen LogP contribution in [-0.2, 0) is 12.7 Å². The molecule has 4 aromatic rings. The molecule has 1 fully saturated rings. The minimum Gasteiger partial charge on any atom is -0.369 e. The van der Waals surface area contributed by atoms with E-state index in [2.05, 4.69) is 20.1 Å². The molecule has 0 radical (unpaired) electrons. The summed E-state index contributed by atoms with van der Waals surface area (Å²) in [5, 5.41) is 6.05. The number of alkyl halides is 3. The summed E-state index contributed by atoms with van der Waals surface area (Å²) in [6.45, 7) is 4.62. The number of benzene rings is 3. The van der Waals surface area contributed by atoms with Crippen LogP contribution in [0.25, 0.3) is 11.1 Å². The Morgan fingerprint density at radius 1 is 0.919 bits per heavy atom. The van der Waals surface area contributed by atoms with Gasteiger partial charge in [-0.2, -0.15) is 13.2 Å². The van der Waals surface area contributed by atoms with E-state index in [1.807, 2.05) is 35.8 Å². The van der Waals surface area contributed by atoms with Crippen molar-refractivity contribution in [1.29, 1.82) is 0 Å². The maximum absolute atomic E-state index is 13.1. The van der Waals surface area contributed by atoms with Crippen LogP contribution in [0.15, 0.2) is 84.4 Å². The largest absolute Gasteiger partial charge is 0.416 e. The molecule has 1 aromatic heterocycles. The third-order valence-electron chi connectivity index (χ3n) is 6.40. The van der Waals surface area contributed by atoms with Gasteiger partial charge in [0.05, 0.1) is 12.1 Å².